The average Bonchev–Trinajstić information content (AvgIpc) is 1.65. The van der Waals surface area contributed by atoms with Gasteiger partial charge in [-0.2, -0.15) is 121 Å². The maximum absolute atomic E-state index is 5.23. The summed E-state index contributed by atoms with van der Waals surface area (Å²) < 4.78 is 0. The van der Waals surface area contributed by atoms with Crippen molar-refractivity contribution in [2.75, 3.05) is 39.2 Å². The van der Waals surface area contributed by atoms with Gasteiger partial charge in [-0.3, -0.25) is 0 Å². The Balaban J connectivity index is 0.000000154. The summed E-state index contributed by atoms with van der Waals surface area (Å²) in [6.07, 6.45) is 10.3. The topological polar surface area (TPSA) is 142 Å². The van der Waals surface area contributed by atoms with Crippen LogP contribution >= 0.6 is 11.3 Å². The second-order valence-electron chi connectivity index (χ2n) is 24.9. The van der Waals surface area contributed by atoms with E-state index in [4.69, 9.17) is 19.9 Å². The van der Waals surface area contributed by atoms with E-state index in [1.807, 2.05) is 198 Å². The number of rotatable bonds is 10. The molecule has 0 saturated heterocycles. The summed E-state index contributed by atoms with van der Waals surface area (Å²) >= 11 is 1.67. The molecule has 4 aliphatic heterocycles. The van der Waals surface area contributed by atoms with Crippen molar-refractivity contribution in [3.63, 3.8) is 0 Å². The molecule has 0 amide bonds. The van der Waals surface area contributed by atoms with Crippen molar-refractivity contribution in [3.8, 4) is 0 Å². The van der Waals surface area contributed by atoms with Crippen molar-refractivity contribution in [1.29, 1.82) is 0 Å². The van der Waals surface area contributed by atoms with Crippen molar-refractivity contribution in [2.45, 2.75) is 68.2 Å². The Kier molecular flexibility index (Phi) is 25.3. The summed E-state index contributed by atoms with van der Waals surface area (Å²) in [5.74, 6) is 7.41. The van der Waals surface area contributed by atoms with Gasteiger partial charge in [0.25, 0.3) is 0 Å². The first kappa shape index (κ1) is 74.7. The van der Waals surface area contributed by atoms with Crippen molar-refractivity contribution >= 4 is 103 Å². The van der Waals surface area contributed by atoms with Crippen LogP contribution in [-0.2, 0) is 93.3 Å². The predicted octanol–water partition coefficient (Wildman–Crippen LogP) is 18.0. The van der Waals surface area contributed by atoms with E-state index >= 15 is 0 Å². The number of nitrogens with zero attached hydrogens (tertiary/aromatic N) is 17. The van der Waals surface area contributed by atoms with E-state index in [0.717, 1.165) is 127 Å². The summed E-state index contributed by atoms with van der Waals surface area (Å²) in [5.41, 5.74) is 10.2. The average molecular weight is 2030 g/mol. The minimum atomic E-state index is 0. The summed E-state index contributed by atoms with van der Waals surface area (Å²) in [6.45, 7) is 25.6. The number of aromatic nitrogens is 9. The summed E-state index contributed by atoms with van der Waals surface area (Å²) in [6, 6.07) is 74.9. The molecule has 512 valence electrons. The number of pyridine rings is 1. The fourth-order valence-corrected chi connectivity index (χ4v) is 11.6. The number of para-hydroxylation sites is 6. The van der Waals surface area contributed by atoms with Gasteiger partial charge in [0.15, 0.2) is 0 Å². The minimum absolute atomic E-state index is 0. The van der Waals surface area contributed by atoms with Gasteiger partial charge >= 0.3 is 0 Å². The van der Waals surface area contributed by atoms with Crippen LogP contribution in [-0.4, -0.2) is 44.9 Å². The Labute approximate surface area is 639 Å². The first-order valence-corrected chi connectivity index (χ1v) is 32.1. The maximum atomic E-state index is 5.23. The van der Waals surface area contributed by atoms with Crippen LogP contribution in [0, 0.1) is 75.6 Å². The van der Waals surface area contributed by atoms with Crippen molar-refractivity contribution in [3.05, 3.63) is 298 Å². The summed E-state index contributed by atoms with van der Waals surface area (Å²) in [4.78, 5) is 58.4. The number of anilines is 16. The zero-order chi connectivity index (χ0) is 65.5. The minimum Gasteiger partial charge on any atom is -0.477 e. The molecule has 0 saturated carbocycles. The molecular formula is C77H69Ir4N17S-8. The van der Waals surface area contributed by atoms with E-state index < -0.39 is 0 Å². The van der Waals surface area contributed by atoms with Crippen molar-refractivity contribution in [2.24, 2.45) is 10.8 Å². The van der Waals surface area contributed by atoms with Gasteiger partial charge in [0.1, 0.15) is 52.4 Å². The SMILES string of the molecule is CC(C)(C)Cc1nc2c(nc1CC(C)(C)C)N(c1ccccc1)[CH-]N2c1[c-]cccc1.Cc1nc2c(nc1C)N(c1ccccc1)[CH-]N2c1[c-]cccc1.[Ir].[Ir].[Ir].[Ir].[c-]1ccccc1N1[CH-]N(c2ccccn2)c2nccnc21.[c-]1ccccc1N1[CH-]N(c2cccs2)c2nccnc21. The molecule has 22 heteroatoms. The monoisotopic (exact) mass is 2040 g/mol. The zero-order valence-corrected chi connectivity index (χ0v) is 65.8. The number of hydrogen-bond acceptors (Lipinski definition) is 18. The number of hydrogen-bond donors (Lipinski definition) is 0. The zero-order valence-electron chi connectivity index (χ0n) is 55.4. The van der Waals surface area contributed by atoms with E-state index in [0.29, 0.717) is 0 Å². The Morgan fingerprint density at radius 2 is 0.677 bits per heavy atom. The Bertz CT molecular complexity index is 4270. The van der Waals surface area contributed by atoms with E-state index in [1.165, 1.54) is 0 Å². The van der Waals surface area contributed by atoms with Crippen LogP contribution in [0.3, 0.4) is 0 Å². The molecule has 6 aromatic heterocycles. The molecule has 6 aromatic carbocycles. The first-order chi connectivity index (χ1) is 46.2. The predicted molar refractivity (Wildman–Crippen MR) is 381 cm³/mol. The normalized spacial score (nSPS) is 13.1. The molecule has 0 bridgehead atoms. The van der Waals surface area contributed by atoms with Gasteiger partial charge in [0.05, 0.1) is 27.8 Å². The summed E-state index contributed by atoms with van der Waals surface area (Å²) in [7, 11) is 0. The molecule has 4 aliphatic rings. The maximum Gasteiger partial charge on any atom is 0.146 e. The van der Waals surface area contributed by atoms with Gasteiger partial charge in [-0.05, 0) is 91.4 Å². The van der Waals surface area contributed by atoms with Crippen LogP contribution in [0.2, 0.25) is 0 Å². The van der Waals surface area contributed by atoms with Crippen LogP contribution in [0.25, 0.3) is 0 Å². The molecule has 0 aliphatic carbocycles. The van der Waals surface area contributed by atoms with Crippen molar-refractivity contribution in [1.82, 2.24) is 44.9 Å². The second kappa shape index (κ2) is 33.6. The van der Waals surface area contributed by atoms with Crippen LogP contribution < -0.4 is 39.2 Å². The summed E-state index contributed by atoms with van der Waals surface area (Å²) in [5, 5.41) is 3.17. The Hall–Kier alpha value is -8.51. The molecule has 0 N–H and O–H groups in total. The second-order valence-corrected chi connectivity index (χ2v) is 25.8. The smallest absolute Gasteiger partial charge is 0.146 e. The van der Waals surface area contributed by atoms with Gasteiger partial charge in [-0.1, -0.05) is 84.0 Å². The van der Waals surface area contributed by atoms with Crippen molar-refractivity contribution < 1.29 is 80.4 Å². The molecule has 0 spiro atoms. The van der Waals surface area contributed by atoms with Gasteiger partial charge in [-0.25, -0.2) is 44.9 Å². The Morgan fingerprint density at radius 3 is 1.05 bits per heavy atom. The fraction of sp³-hybridized carbons (Fsp3) is 0.156. The number of thiophene rings is 1. The number of aryl methyl sites for hydroxylation is 2. The van der Waals surface area contributed by atoms with Gasteiger partial charge in [0.2, 0.25) is 0 Å². The third kappa shape index (κ3) is 17.4. The molecule has 17 nitrogen and oxygen atoms in total. The molecule has 0 fully saturated rings. The van der Waals surface area contributed by atoms with Gasteiger partial charge in [0, 0.05) is 123 Å². The van der Waals surface area contributed by atoms with Crippen LogP contribution in [0.15, 0.2) is 224 Å². The largest absolute Gasteiger partial charge is 0.477 e. The van der Waals surface area contributed by atoms with E-state index in [9.17, 15) is 0 Å². The molecule has 0 unspecified atom stereocenters. The van der Waals surface area contributed by atoms with Crippen LogP contribution in [0.4, 0.5) is 91.5 Å². The molecule has 99 heavy (non-hydrogen) atoms. The number of fused-ring (bicyclic) bond motifs is 4. The molecule has 16 rings (SSSR count). The molecular weight excluding hydrogens is 1960 g/mol. The number of benzene rings is 6. The van der Waals surface area contributed by atoms with E-state index in [1.54, 1.807) is 42.3 Å². The molecule has 0 atom stereocenters. The quantitative estimate of drug-likeness (QED) is 0.120. The fourth-order valence-electron chi connectivity index (χ4n) is 10.9. The third-order valence-corrected chi connectivity index (χ3v) is 16.1. The third-order valence-electron chi connectivity index (χ3n) is 15.3. The van der Waals surface area contributed by atoms with Crippen LogP contribution in [0.1, 0.15) is 64.3 Å². The molecule has 12 aromatic rings. The van der Waals surface area contributed by atoms with E-state index in [-0.39, 0.29) is 91.3 Å². The van der Waals surface area contributed by atoms with Gasteiger partial charge < -0.3 is 39.2 Å². The Morgan fingerprint density at radius 1 is 0.333 bits per heavy atom. The van der Waals surface area contributed by atoms with Crippen LogP contribution in [0.5, 0.6) is 0 Å². The first-order valence-electron chi connectivity index (χ1n) is 31.2. The standard InChI is InChI=1S/C27H32N4.C19H16N4.C16H11N5.C15H10N4S.4Ir/c1-26(2,3)17-22-23(18-27(4,5)6)29-25-24(28-22)30(20-13-9-7-10-14-20)19-31(25)21-15-11-8-12-16-21;1-14-15(2)21-19-18(20-14)22(16-9-5-3-6-10-16)13-23(19)17-11-7-4-8-12-17;1-2-6-13(7-3-1)20-12-21(14-8-4-5-9-17-14)16-15(20)18-10-11-19-16;1-2-5-12(6-3-1)18-11-19(13-7-4-10-20-13)15-14(18)16-8-9-17-15;;;;/h7-15,19H,17-18H2,1-6H3;3-11,13H,1-2H3;1-6,8-12H;1-5,7-11H;;;;/q4*-2;;;;. The van der Waals surface area contributed by atoms with E-state index in [2.05, 4.69) is 166 Å². The molecule has 10 heterocycles. The van der Waals surface area contributed by atoms with Gasteiger partial charge in [-0.15, -0.1) is 60.8 Å². The molecule has 4 radical (unpaired) electrons.